The topological polar surface area (TPSA) is 56.1 Å². The summed E-state index contributed by atoms with van der Waals surface area (Å²) in [7, 11) is -3.74. The number of nitrogens with zero attached hydrogens (tertiary/aromatic N) is 1. The molecule has 0 atom stereocenters. The van der Waals surface area contributed by atoms with Crippen LogP contribution in [0.2, 0.25) is 0 Å². The van der Waals surface area contributed by atoms with Crippen LogP contribution in [0, 0.1) is 6.92 Å². The second kappa shape index (κ2) is 5.31. The Bertz CT molecular complexity index is 1060. The molecule has 4 rings (SSSR count). The lowest BCUT2D eigenvalue weighted by atomic mass is 9.94. The zero-order valence-electron chi connectivity index (χ0n) is 13.3. The average Bonchev–Trinajstić information content (AvgIpc) is 2.91. The summed E-state index contributed by atoms with van der Waals surface area (Å²) in [5.41, 5.74) is 2.78. The number of benzene rings is 2. The molecule has 3 aromatic rings. The lowest BCUT2D eigenvalue weighted by Gasteiger charge is -2.15. The Labute approximate surface area is 140 Å². The summed E-state index contributed by atoms with van der Waals surface area (Å²) < 4.78 is 27.9. The Morgan fingerprint density at radius 1 is 0.958 bits per heavy atom. The predicted molar refractivity (Wildman–Crippen MR) is 93.0 cm³/mol. The highest BCUT2D eigenvalue weighted by Crippen LogP contribution is 2.34. The monoisotopic (exact) mass is 339 g/mol. The summed E-state index contributed by atoms with van der Waals surface area (Å²) in [6.07, 6.45) is 1.76. The van der Waals surface area contributed by atoms with Gasteiger partial charge in [0.05, 0.1) is 10.4 Å². The zero-order valence-corrected chi connectivity index (χ0v) is 14.1. The van der Waals surface area contributed by atoms with E-state index in [-0.39, 0.29) is 10.7 Å². The molecule has 1 aliphatic carbocycles. The maximum Gasteiger partial charge on any atom is 0.268 e. The summed E-state index contributed by atoms with van der Waals surface area (Å²) >= 11 is 0. The molecule has 0 saturated carbocycles. The van der Waals surface area contributed by atoms with Gasteiger partial charge in [0.2, 0.25) is 0 Å². The molecule has 1 aromatic heterocycles. The van der Waals surface area contributed by atoms with E-state index in [4.69, 9.17) is 0 Å². The molecule has 0 unspecified atom stereocenters. The van der Waals surface area contributed by atoms with Gasteiger partial charge in [-0.3, -0.25) is 4.79 Å². The SMILES string of the molecule is Cc1ccc(S(=O)(=O)n2c3c(c4ccccc42)C(=O)CCC3)cc1. The van der Waals surface area contributed by atoms with Gasteiger partial charge in [-0.25, -0.2) is 12.4 Å². The fourth-order valence-electron chi connectivity index (χ4n) is 3.43. The van der Waals surface area contributed by atoms with Gasteiger partial charge >= 0.3 is 0 Å². The van der Waals surface area contributed by atoms with Crippen molar-refractivity contribution in [2.45, 2.75) is 31.1 Å². The number of para-hydroxylation sites is 1. The molecule has 0 bridgehead atoms. The van der Waals surface area contributed by atoms with Crippen LogP contribution < -0.4 is 0 Å². The minimum Gasteiger partial charge on any atom is -0.294 e. The molecule has 0 saturated heterocycles. The zero-order chi connectivity index (χ0) is 16.9. The van der Waals surface area contributed by atoms with Crippen molar-refractivity contribution in [1.82, 2.24) is 3.97 Å². The third-order valence-corrected chi connectivity index (χ3v) is 6.35. The minimum atomic E-state index is -3.74. The first kappa shape index (κ1) is 15.1. The fourth-order valence-corrected chi connectivity index (χ4v) is 5.02. The second-order valence-electron chi connectivity index (χ2n) is 6.20. The highest BCUT2D eigenvalue weighted by atomic mass is 32.2. The van der Waals surface area contributed by atoms with Crippen molar-refractivity contribution in [2.24, 2.45) is 0 Å². The van der Waals surface area contributed by atoms with Gasteiger partial charge in [-0.15, -0.1) is 0 Å². The number of carbonyl (C=O) groups is 1. The maximum absolute atomic E-state index is 13.3. The van der Waals surface area contributed by atoms with E-state index in [2.05, 4.69) is 0 Å². The van der Waals surface area contributed by atoms with Gasteiger partial charge in [-0.2, -0.15) is 0 Å². The molecule has 1 heterocycles. The van der Waals surface area contributed by atoms with Crippen molar-refractivity contribution in [3.05, 3.63) is 65.4 Å². The van der Waals surface area contributed by atoms with Crippen LogP contribution in [0.4, 0.5) is 0 Å². The van der Waals surface area contributed by atoms with E-state index in [1.165, 1.54) is 3.97 Å². The first-order valence-corrected chi connectivity index (χ1v) is 9.42. The average molecular weight is 339 g/mol. The maximum atomic E-state index is 13.3. The Balaban J connectivity index is 2.07. The van der Waals surface area contributed by atoms with Gasteiger partial charge in [-0.1, -0.05) is 35.9 Å². The molecule has 0 spiro atoms. The fraction of sp³-hybridized carbons (Fsp3) is 0.211. The van der Waals surface area contributed by atoms with Gasteiger partial charge in [0, 0.05) is 23.1 Å². The number of fused-ring (bicyclic) bond motifs is 3. The molecule has 0 aliphatic heterocycles. The highest BCUT2D eigenvalue weighted by molar-refractivity contribution is 7.90. The Morgan fingerprint density at radius 3 is 2.42 bits per heavy atom. The van der Waals surface area contributed by atoms with Gasteiger partial charge in [0.25, 0.3) is 10.0 Å². The van der Waals surface area contributed by atoms with Crippen molar-refractivity contribution in [3.8, 4) is 0 Å². The highest BCUT2D eigenvalue weighted by Gasteiger charge is 2.31. The van der Waals surface area contributed by atoms with Gasteiger partial charge < -0.3 is 0 Å². The van der Waals surface area contributed by atoms with Crippen LogP contribution in [-0.2, 0) is 16.4 Å². The molecule has 0 amide bonds. The minimum absolute atomic E-state index is 0.0327. The standard InChI is InChI=1S/C19H17NO3S/c1-13-9-11-14(12-10-13)24(22,23)20-16-6-3-2-5-15(16)19-17(20)7-4-8-18(19)21/h2-3,5-6,9-12H,4,7-8H2,1H3. The van der Waals surface area contributed by atoms with E-state index >= 15 is 0 Å². The third-order valence-electron chi connectivity index (χ3n) is 4.58. The number of aromatic nitrogens is 1. The molecular weight excluding hydrogens is 322 g/mol. The lowest BCUT2D eigenvalue weighted by Crippen LogP contribution is -2.19. The van der Waals surface area contributed by atoms with E-state index in [9.17, 15) is 13.2 Å². The van der Waals surface area contributed by atoms with E-state index in [0.29, 0.717) is 36.0 Å². The molecule has 1 aliphatic rings. The first-order valence-electron chi connectivity index (χ1n) is 7.98. The summed E-state index contributed by atoms with van der Waals surface area (Å²) in [4.78, 5) is 12.7. The lowest BCUT2D eigenvalue weighted by molar-refractivity contribution is 0.0974. The quantitative estimate of drug-likeness (QED) is 0.715. The number of hydrogen-bond acceptors (Lipinski definition) is 3. The Morgan fingerprint density at radius 2 is 1.67 bits per heavy atom. The van der Waals surface area contributed by atoms with Crippen molar-refractivity contribution < 1.29 is 13.2 Å². The normalized spacial score (nSPS) is 14.8. The van der Waals surface area contributed by atoms with Crippen LogP contribution in [0.3, 0.4) is 0 Å². The molecule has 24 heavy (non-hydrogen) atoms. The number of hydrogen-bond donors (Lipinski definition) is 0. The van der Waals surface area contributed by atoms with Crippen LogP contribution in [0.15, 0.2) is 53.4 Å². The summed E-state index contributed by atoms with van der Waals surface area (Å²) in [6, 6.07) is 14.1. The van der Waals surface area contributed by atoms with E-state index in [1.807, 2.05) is 19.1 Å². The van der Waals surface area contributed by atoms with E-state index in [0.717, 1.165) is 10.9 Å². The number of carbonyl (C=O) groups excluding carboxylic acids is 1. The van der Waals surface area contributed by atoms with Crippen molar-refractivity contribution in [1.29, 1.82) is 0 Å². The molecular formula is C19H17NO3S. The second-order valence-corrected chi connectivity index (χ2v) is 7.98. The molecule has 4 nitrogen and oxygen atoms in total. The number of Topliss-reactive ketones (excluding diaryl/α,β-unsaturated/α-hetero) is 1. The van der Waals surface area contributed by atoms with Crippen LogP contribution >= 0.6 is 0 Å². The van der Waals surface area contributed by atoms with Crippen LogP contribution in [-0.4, -0.2) is 18.2 Å². The van der Waals surface area contributed by atoms with E-state index in [1.54, 1.807) is 36.4 Å². The molecule has 0 fully saturated rings. The number of aryl methyl sites for hydroxylation is 1. The van der Waals surface area contributed by atoms with E-state index < -0.39 is 10.0 Å². The summed E-state index contributed by atoms with van der Waals surface area (Å²) in [5.74, 6) is 0.0327. The number of ketones is 1. The summed E-state index contributed by atoms with van der Waals surface area (Å²) in [5, 5.41) is 0.730. The smallest absolute Gasteiger partial charge is 0.268 e. The van der Waals surface area contributed by atoms with Crippen molar-refractivity contribution >= 4 is 26.7 Å². The van der Waals surface area contributed by atoms with Crippen LogP contribution in [0.1, 0.15) is 34.5 Å². The Hall–Kier alpha value is -2.40. The molecule has 0 radical (unpaired) electrons. The Kier molecular flexibility index (Phi) is 3.35. The predicted octanol–water partition coefficient (Wildman–Crippen LogP) is 3.71. The molecule has 0 N–H and O–H groups in total. The first-order chi connectivity index (χ1) is 11.5. The van der Waals surface area contributed by atoms with Crippen LogP contribution in [0.5, 0.6) is 0 Å². The largest absolute Gasteiger partial charge is 0.294 e. The summed E-state index contributed by atoms with van der Waals surface area (Å²) in [6.45, 7) is 1.92. The molecule has 2 aromatic carbocycles. The van der Waals surface area contributed by atoms with Crippen LogP contribution in [0.25, 0.3) is 10.9 Å². The van der Waals surface area contributed by atoms with Crippen molar-refractivity contribution in [3.63, 3.8) is 0 Å². The molecule has 122 valence electrons. The van der Waals surface area contributed by atoms with Gasteiger partial charge in [-0.05, 0) is 38.0 Å². The van der Waals surface area contributed by atoms with Gasteiger partial charge in [0.15, 0.2) is 5.78 Å². The van der Waals surface area contributed by atoms with Gasteiger partial charge in [0.1, 0.15) is 0 Å². The molecule has 5 heteroatoms. The number of rotatable bonds is 2. The third kappa shape index (κ3) is 2.12. The van der Waals surface area contributed by atoms with Crippen molar-refractivity contribution in [2.75, 3.05) is 0 Å².